The van der Waals surface area contributed by atoms with Crippen molar-refractivity contribution in [3.8, 4) is 0 Å². The number of aromatic nitrogens is 4. The molecule has 1 unspecified atom stereocenters. The van der Waals surface area contributed by atoms with E-state index in [0.29, 0.717) is 0 Å². The molecule has 0 aromatic carbocycles. The summed E-state index contributed by atoms with van der Waals surface area (Å²) in [5, 5.41) is 7.81. The third-order valence-corrected chi connectivity index (χ3v) is 3.27. The number of hydrogen-bond acceptors (Lipinski definition) is 4. The molecule has 108 valence electrons. The van der Waals surface area contributed by atoms with Crippen molar-refractivity contribution in [2.45, 2.75) is 46.2 Å². The molecule has 1 N–H and O–H groups in total. The minimum absolute atomic E-state index is 0.229. The van der Waals surface area contributed by atoms with E-state index in [4.69, 9.17) is 0 Å². The van der Waals surface area contributed by atoms with Gasteiger partial charge in [-0.3, -0.25) is 9.67 Å². The molecule has 2 heterocycles. The summed E-state index contributed by atoms with van der Waals surface area (Å²) < 4.78 is 1.99. The van der Waals surface area contributed by atoms with E-state index in [-0.39, 0.29) is 6.04 Å². The molecule has 0 saturated carbocycles. The van der Waals surface area contributed by atoms with Gasteiger partial charge in [-0.1, -0.05) is 19.9 Å². The second-order valence-corrected chi connectivity index (χ2v) is 5.01. The van der Waals surface area contributed by atoms with Crippen LogP contribution in [0.15, 0.2) is 24.8 Å². The van der Waals surface area contributed by atoms with Crippen LogP contribution in [-0.4, -0.2) is 26.3 Å². The first-order valence-corrected chi connectivity index (χ1v) is 7.26. The van der Waals surface area contributed by atoms with Crippen LogP contribution >= 0.6 is 0 Å². The normalized spacial score (nSPS) is 12.6. The lowest BCUT2D eigenvalue weighted by molar-refractivity contribution is 0.497. The molecule has 5 nitrogen and oxygen atoms in total. The number of nitrogens with zero attached hydrogens (tertiary/aromatic N) is 4. The molecule has 0 saturated heterocycles. The monoisotopic (exact) mass is 273 g/mol. The lowest BCUT2D eigenvalue weighted by atomic mass is 10.0. The number of nitrogens with one attached hydrogen (secondary N) is 1. The molecule has 2 rings (SSSR count). The van der Waals surface area contributed by atoms with Crippen molar-refractivity contribution in [3.63, 3.8) is 0 Å². The fourth-order valence-electron chi connectivity index (χ4n) is 2.35. The fourth-order valence-corrected chi connectivity index (χ4v) is 2.35. The summed E-state index contributed by atoms with van der Waals surface area (Å²) >= 11 is 0. The summed E-state index contributed by atoms with van der Waals surface area (Å²) in [6, 6.07) is 2.41. The quantitative estimate of drug-likeness (QED) is 0.841. The van der Waals surface area contributed by atoms with Gasteiger partial charge in [-0.15, -0.1) is 0 Å². The summed E-state index contributed by atoms with van der Waals surface area (Å²) in [5.41, 5.74) is 2.39. The van der Waals surface area contributed by atoms with Crippen molar-refractivity contribution in [2.75, 3.05) is 6.54 Å². The lowest BCUT2D eigenvalue weighted by Crippen LogP contribution is -2.24. The van der Waals surface area contributed by atoms with Gasteiger partial charge >= 0.3 is 0 Å². The molecule has 2 aromatic heterocycles. The Labute approximate surface area is 120 Å². The minimum atomic E-state index is 0.229. The zero-order valence-electron chi connectivity index (χ0n) is 12.5. The fraction of sp³-hybridized carbons (Fsp3) is 0.533. The molecule has 0 fully saturated rings. The Morgan fingerprint density at radius 2 is 2.15 bits per heavy atom. The highest BCUT2D eigenvalue weighted by Gasteiger charge is 2.15. The Bertz CT molecular complexity index is 535. The molecule has 0 bridgehead atoms. The van der Waals surface area contributed by atoms with Crippen molar-refractivity contribution in [1.29, 1.82) is 0 Å². The number of rotatable bonds is 7. The maximum Gasteiger partial charge on any atom is 0.138 e. The molecule has 0 spiro atoms. The largest absolute Gasteiger partial charge is 0.310 e. The van der Waals surface area contributed by atoms with Crippen LogP contribution in [0.4, 0.5) is 0 Å². The van der Waals surface area contributed by atoms with Crippen LogP contribution in [0.3, 0.4) is 0 Å². The first kappa shape index (κ1) is 14.7. The van der Waals surface area contributed by atoms with Crippen LogP contribution in [0.2, 0.25) is 0 Å². The maximum atomic E-state index is 4.40. The van der Waals surface area contributed by atoms with E-state index >= 15 is 0 Å². The average molecular weight is 273 g/mol. The molecule has 0 aliphatic heterocycles. The van der Waals surface area contributed by atoms with E-state index in [1.165, 1.54) is 11.1 Å². The lowest BCUT2D eigenvalue weighted by Gasteiger charge is -2.18. The van der Waals surface area contributed by atoms with Crippen LogP contribution in [0.25, 0.3) is 0 Å². The second kappa shape index (κ2) is 7.14. The molecular formula is C15H23N5. The summed E-state index contributed by atoms with van der Waals surface area (Å²) in [6.07, 6.45) is 7.35. The molecule has 20 heavy (non-hydrogen) atoms. The maximum absolute atomic E-state index is 4.40. The van der Waals surface area contributed by atoms with Gasteiger partial charge in [-0.25, -0.2) is 4.98 Å². The van der Waals surface area contributed by atoms with Crippen molar-refractivity contribution in [1.82, 2.24) is 25.1 Å². The van der Waals surface area contributed by atoms with Crippen molar-refractivity contribution in [2.24, 2.45) is 0 Å². The average Bonchev–Trinajstić information content (AvgIpc) is 2.86. The Balaban J connectivity index is 2.18. The molecule has 2 aromatic rings. The summed E-state index contributed by atoms with van der Waals surface area (Å²) in [5.74, 6) is 1.03. The number of likely N-dealkylation sites (N-methyl/N-ethyl adjacent to an activating group) is 1. The topological polar surface area (TPSA) is 55.6 Å². The highest BCUT2D eigenvalue weighted by molar-refractivity contribution is 5.21. The van der Waals surface area contributed by atoms with E-state index in [1.807, 2.05) is 17.1 Å². The molecule has 0 radical (unpaired) electrons. The second-order valence-electron chi connectivity index (χ2n) is 5.01. The van der Waals surface area contributed by atoms with Gasteiger partial charge in [0.25, 0.3) is 0 Å². The predicted molar refractivity (Wildman–Crippen MR) is 79.4 cm³/mol. The van der Waals surface area contributed by atoms with E-state index in [0.717, 1.165) is 31.8 Å². The number of pyridine rings is 1. The van der Waals surface area contributed by atoms with E-state index < -0.39 is 0 Å². The van der Waals surface area contributed by atoms with Crippen LogP contribution in [0, 0.1) is 6.92 Å². The predicted octanol–water partition coefficient (Wildman–Crippen LogP) is 2.28. The van der Waals surface area contributed by atoms with Gasteiger partial charge in [-0.05, 0) is 31.0 Å². The summed E-state index contributed by atoms with van der Waals surface area (Å²) in [4.78, 5) is 8.69. The molecule has 0 aliphatic rings. The Morgan fingerprint density at radius 3 is 2.85 bits per heavy atom. The summed E-state index contributed by atoms with van der Waals surface area (Å²) in [6.45, 7) is 8.17. The van der Waals surface area contributed by atoms with E-state index in [2.05, 4.69) is 47.2 Å². The van der Waals surface area contributed by atoms with Crippen molar-refractivity contribution in [3.05, 3.63) is 41.7 Å². The molecule has 0 amide bonds. The van der Waals surface area contributed by atoms with Gasteiger partial charge in [0.2, 0.25) is 0 Å². The van der Waals surface area contributed by atoms with Gasteiger partial charge in [0.05, 0.1) is 0 Å². The standard InChI is InChI=1S/C15H23N5/c1-4-6-20-15(18-11-19-20)8-14(17-5-2)13-7-12(3)9-16-10-13/h7,9-11,14,17H,4-6,8H2,1-3H3. The molecule has 5 heteroatoms. The van der Waals surface area contributed by atoms with Crippen LogP contribution in [-0.2, 0) is 13.0 Å². The molecule has 1 atom stereocenters. The van der Waals surface area contributed by atoms with Crippen LogP contribution in [0.1, 0.15) is 43.3 Å². The van der Waals surface area contributed by atoms with Crippen LogP contribution < -0.4 is 5.32 Å². The van der Waals surface area contributed by atoms with Crippen LogP contribution in [0.5, 0.6) is 0 Å². The van der Waals surface area contributed by atoms with Gasteiger partial charge in [-0.2, -0.15) is 5.10 Å². The highest BCUT2D eigenvalue weighted by Crippen LogP contribution is 2.17. The first-order chi connectivity index (χ1) is 9.74. The first-order valence-electron chi connectivity index (χ1n) is 7.26. The number of hydrogen-bond donors (Lipinski definition) is 1. The Morgan fingerprint density at radius 1 is 1.30 bits per heavy atom. The zero-order valence-corrected chi connectivity index (χ0v) is 12.5. The third kappa shape index (κ3) is 3.63. The zero-order chi connectivity index (χ0) is 14.4. The minimum Gasteiger partial charge on any atom is -0.310 e. The van der Waals surface area contributed by atoms with Gasteiger partial charge < -0.3 is 5.32 Å². The number of aryl methyl sites for hydroxylation is 2. The third-order valence-electron chi connectivity index (χ3n) is 3.27. The van der Waals surface area contributed by atoms with E-state index in [1.54, 1.807) is 6.33 Å². The van der Waals surface area contributed by atoms with Gasteiger partial charge in [0.15, 0.2) is 0 Å². The Hall–Kier alpha value is -1.75. The molecular weight excluding hydrogens is 250 g/mol. The van der Waals surface area contributed by atoms with Crippen molar-refractivity contribution < 1.29 is 0 Å². The Kier molecular flexibility index (Phi) is 5.24. The van der Waals surface area contributed by atoms with Gasteiger partial charge in [0.1, 0.15) is 12.2 Å². The molecule has 0 aliphatic carbocycles. The smallest absolute Gasteiger partial charge is 0.138 e. The van der Waals surface area contributed by atoms with E-state index in [9.17, 15) is 0 Å². The highest BCUT2D eigenvalue weighted by atomic mass is 15.3. The summed E-state index contributed by atoms with van der Waals surface area (Å²) in [7, 11) is 0. The SMILES string of the molecule is CCCn1ncnc1CC(NCC)c1cncc(C)c1. The van der Waals surface area contributed by atoms with Crippen molar-refractivity contribution >= 4 is 0 Å². The van der Waals surface area contributed by atoms with Gasteiger partial charge in [0, 0.05) is 31.4 Å².